The van der Waals surface area contributed by atoms with Gasteiger partial charge in [0.1, 0.15) is 0 Å². The second-order valence-corrected chi connectivity index (χ2v) is 6.13. The summed E-state index contributed by atoms with van der Waals surface area (Å²) in [4.78, 5) is 11.9. The number of hydrogen-bond acceptors (Lipinski definition) is 3. The van der Waals surface area contributed by atoms with E-state index in [0.717, 1.165) is 24.8 Å². The first-order chi connectivity index (χ1) is 11.7. The molecular weight excluding hydrogens is 302 g/mol. The van der Waals surface area contributed by atoms with Crippen molar-refractivity contribution in [1.29, 1.82) is 0 Å². The number of unbranched alkanes of at least 4 members (excludes halogenated alkanes) is 4. The van der Waals surface area contributed by atoms with Crippen LogP contribution in [0.2, 0.25) is 0 Å². The lowest BCUT2D eigenvalue weighted by Gasteiger charge is -2.20. The first kappa shape index (κ1) is 20.4. The molecule has 4 heteroatoms. The zero-order chi connectivity index (χ0) is 17.6. The van der Waals surface area contributed by atoms with Crippen molar-refractivity contribution in [2.75, 3.05) is 6.61 Å². The quantitative estimate of drug-likeness (QED) is 0.407. The van der Waals surface area contributed by atoms with Gasteiger partial charge in [0.05, 0.1) is 18.8 Å². The fraction of sp³-hybridized carbons (Fsp3) is 0.550. The minimum Gasteiger partial charge on any atom is -0.394 e. The Kier molecular flexibility index (Phi) is 10.8. The van der Waals surface area contributed by atoms with Crippen molar-refractivity contribution in [1.82, 2.24) is 5.32 Å². The fourth-order valence-corrected chi connectivity index (χ4v) is 2.50. The zero-order valence-electron chi connectivity index (χ0n) is 14.7. The molecule has 1 aromatic rings. The molecule has 0 unspecified atom stereocenters. The van der Waals surface area contributed by atoms with Gasteiger partial charge in [-0.2, -0.15) is 0 Å². The predicted octanol–water partition coefficient (Wildman–Crippen LogP) is 2.98. The van der Waals surface area contributed by atoms with E-state index in [9.17, 15) is 15.0 Å². The molecule has 0 heterocycles. The largest absolute Gasteiger partial charge is 0.394 e. The molecule has 0 spiro atoms. The van der Waals surface area contributed by atoms with Crippen molar-refractivity contribution in [3.8, 4) is 0 Å². The van der Waals surface area contributed by atoms with Crippen LogP contribution in [0.15, 0.2) is 42.5 Å². The second kappa shape index (κ2) is 12.7. The summed E-state index contributed by atoms with van der Waals surface area (Å²) in [5.41, 5.74) is 1.15. The summed E-state index contributed by atoms with van der Waals surface area (Å²) in [6.45, 7) is 1.88. The SMILES string of the molecule is CCCCCCCC(=O)N[C@@H](CO)[C@H](O)/C=C/Cc1ccccc1. The second-order valence-electron chi connectivity index (χ2n) is 6.13. The van der Waals surface area contributed by atoms with Crippen LogP contribution in [0.25, 0.3) is 0 Å². The van der Waals surface area contributed by atoms with Gasteiger partial charge >= 0.3 is 0 Å². The smallest absolute Gasteiger partial charge is 0.220 e. The lowest BCUT2D eigenvalue weighted by atomic mass is 10.1. The third kappa shape index (κ3) is 8.85. The molecule has 4 nitrogen and oxygen atoms in total. The minimum absolute atomic E-state index is 0.110. The van der Waals surface area contributed by atoms with Crippen molar-refractivity contribution in [2.24, 2.45) is 0 Å². The third-order valence-corrected chi connectivity index (χ3v) is 3.99. The molecule has 0 radical (unpaired) electrons. The summed E-state index contributed by atoms with van der Waals surface area (Å²) in [5, 5.41) is 22.2. The summed E-state index contributed by atoms with van der Waals surface area (Å²) >= 11 is 0. The van der Waals surface area contributed by atoms with Crippen LogP contribution in [-0.2, 0) is 11.2 Å². The molecule has 24 heavy (non-hydrogen) atoms. The highest BCUT2D eigenvalue weighted by molar-refractivity contribution is 5.76. The van der Waals surface area contributed by atoms with E-state index >= 15 is 0 Å². The number of rotatable bonds is 12. The van der Waals surface area contributed by atoms with Gasteiger partial charge in [-0.3, -0.25) is 4.79 Å². The van der Waals surface area contributed by atoms with Gasteiger partial charge in [-0.05, 0) is 18.4 Å². The summed E-state index contributed by atoms with van der Waals surface area (Å²) < 4.78 is 0. The van der Waals surface area contributed by atoms with Gasteiger partial charge in [-0.15, -0.1) is 0 Å². The molecule has 0 aromatic heterocycles. The van der Waals surface area contributed by atoms with Gasteiger partial charge in [-0.25, -0.2) is 0 Å². The number of allylic oxidation sites excluding steroid dienone is 1. The van der Waals surface area contributed by atoms with E-state index in [1.807, 2.05) is 36.4 Å². The van der Waals surface area contributed by atoms with E-state index in [2.05, 4.69) is 12.2 Å². The first-order valence-corrected chi connectivity index (χ1v) is 8.96. The fourth-order valence-electron chi connectivity index (χ4n) is 2.50. The third-order valence-electron chi connectivity index (χ3n) is 3.99. The van der Waals surface area contributed by atoms with Gasteiger partial charge in [0.2, 0.25) is 5.91 Å². The normalized spacial score (nSPS) is 13.8. The van der Waals surface area contributed by atoms with Gasteiger partial charge in [-0.1, -0.05) is 75.1 Å². The maximum absolute atomic E-state index is 11.9. The van der Waals surface area contributed by atoms with Crippen LogP contribution >= 0.6 is 0 Å². The Hall–Kier alpha value is -1.65. The van der Waals surface area contributed by atoms with Crippen molar-refractivity contribution < 1.29 is 15.0 Å². The Balaban J connectivity index is 2.31. The molecule has 0 fully saturated rings. The monoisotopic (exact) mass is 333 g/mol. The molecule has 2 atom stereocenters. The molecule has 0 aliphatic carbocycles. The van der Waals surface area contributed by atoms with E-state index < -0.39 is 12.1 Å². The van der Waals surface area contributed by atoms with Crippen molar-refractivity contribution in [2.45, 2.75) is 64.0 Å². The number of carbonyl (C=O) groups excluding carboxylic acids is 1. The van der Waals surface area contributed by atoms with Crippen LogP contribution in [0.4, 0.5) is 0 Å². The van der Waals surface area contributed by atoms with Crippen LogP contribution in [0.1, 0.15) is 51.0 Å². The highest BCUT2D eigenvalue weighted by Gasteiger charge is 2.17. The molecular formula is C20H31NO3. The average molecular weight is 333 g/mol. The Morgan fingerprint density at radius 1 is 1.17 bits per heavy atom. The molecule has 3 N–H and O–H groups in total. The molecule has 134 valence electrons. The minimum atomic E-state index is -0.886. The number of aliphatic hydroxyl groups is 2. The van der Waals surface area contributed by atoms with E-state index in [1.165, 1.54) is 12.8 Å². The van der Waals surface area contributed by atoms with E-state index in [1.54, 1.807) is 6.08 Å². The van der Waals surface area contributed by atoms with Crippen LogP contribution < -0.4 is 5.32 Å². The highest BCUT2D eigenvalue weighted by atomic mass is 16.3. The predicted molar refractivity (Wildman–Crippen MR) is 97.7 cm³/mol. The Morgan fingerprint density at radius 3 is 2.54 bits per heavy atom. The molecule has 0 saturated carbocycles. The van der Waals surface area contributed by atoms with E-state index in [-0.39, 0.29) is 12.5 Å². The number of aliphatic hydroxyl groups excluding tert-OH is 2. The Labute approximate surface area is 145 Å². The number of nitrogens with one attached hydrogen (secondary N) is 1. The van der Waals surface area contributed by atoms with Crippen LogP contribution in [0, 0.1) is 0 Å². The summed E-state index contributed by atoms with van der Waals surface area (Å²) in [6, 6.07) is 9.27. The number of benzene rings is 1. The summed E-state index contributed by atoms with van der Waals surface area (Å²) in [7, 11) is 0. The lowest BCUT2D eigenvalue weighted by Crippen LogP contribution is -2.45. The van der Waals surface area contributed by atoms with E-state index in [0.29, 0.717) is 12.8 Å². The number of hydrogen-bond donors (Lipinski definition) is 3. The van der Waals surface area contributed by atoms with Crippen molar-refractivity contribution in [3.63, 3.8) is 0 Å². The van der Waals surface area contributed by atoms with Gasteiger partial charge in [0.15, 0.2) is 0 Å². The number of amides is 1. The maximum atomic E-state index is 11.9. The molecule has 1 amide bonds. The standard InChI is InChI=1S/C20H31NO3/c1-2-3-4-5-9-15-20(24)21-18(16-22)19(23)14-10-13-17-11-7-6-8-12-17/h6-8,10-12,14,18-19,22-23H,2-5,9,13,15-16H2,1H3,(H,21,24)/b14-10+/t18-,19+/m0/s1. The molecule has 1 aromatic carbocycles. The van der Waals surface area contributed by atoms with Gasteiger partial charge < -0.3 is 15.5 Å². The van der Waals surface area contributed by atoms with Crippen molar-refractivity contribution >= 4 is 5.91 Å². The molecule has 0 bridgehead atoms. The Bertz CT molecular complexity index is 473. The topological polar surface area (TPSA) is 69.6 Å². The zero-order valence-corrected chi connectivity index (χ0v) is 14.7. The van der Waals surface area contributed by atoms with Crippen LogP contribution in [0.5, 0.6) is 0 Å². The van der Waals surface area contributed by atoms with Crippen molar-refractivity contribution in [3.05, 3.63) is 48.0 Å². The molecule has 0 saturated heterocycles. The summed E-state index contributed by atoms with van der Waals surface area (Å²) in [5.74, 6) is -0.110. The molecule has 1 rings (SSSR count). The molecule has 0 aliphatic rings. The van der Waals surface area contributed by atoms with Gasteiger partial charge in [0.25, 0.3) is 0 Å². The van der Waals surface area contributed by atoms with E-state index in [4.69, 9.17) is 0 Å². The van der Waals surface area contributed by atoms with Gasteiger partial charge in [0, 0.05) is 6.42 Å². The lowest BCUT2D eigenvalue weighted by molar-refractivity contribution is -0.123. The van der Waals surface area contributed by atoms with Crippen LogP contribution in [-0.4, -0.2) is 34.9 Å². The first-order valence-electron chi connectivity index (χ1n) is 8.96. The summed E-state index contributed by atoms with van der Waals surface area (Å²) in [6.07, 6.45) is 9.19. The average Bonchev–Trinajstić information content (AvgIpc) is 2.60. The maximum Gasteiger partial charge on any atom is 0.220 e. The molecule has 0 aliphatic heterocycles. The number of carbonyl (C=O) groups is 1. The Morgan fingerprint density at radius 2 is 1.88 bits per heavy atom. The van der Waals surface area contributed by atoms with Crippen LogP contribution in [0.3, 0.4) is 0 Å². The highest BCUT2D eigenvalue weighted by Crippen LogP contribution is 2.06.